The maximum absolute atomic E-state index is 12.5. The molecule has 0 bridgehead atoms. The van der Waals surface area contributed by atoms with Crippen LogP contribution in [0.4, 0.5) is 22.1 Å². The predicted molar refractivity (Wildman–Crippen MR) is 150 cm³/mol. The van der Waals surface area contributed by atoms with E-state index in [9.17, 15) is 15.2 Å². The molecular formula is C30H28N8O2. The van der Waals surface area contributed by atoms with Gasteiger partial charge in [0.2, 0.25) is 0 Å². The van der Waals surface area contributed by atoms with Crippen LogP contribution < -0.4 is 10.6 Å². The van der Waals surface area contributed by atoms with Crippen molar-refractivity contribution in [3.05, 3.63) is 90.5 Å². The summed E-state index contributed by atoms with van der Waals surface area (Å²) in [5.74, 6) is 1.75. The zero-order valence-corrected chi connectivity index (χ0v) is 21.7. The first kappa shape index (κ1) is 25.2. The maximum Gasteiger partial charge on any atom is 0.408 e. The van der Waals surface area contributed by atoms with Crippen LogP contribution in [0.3, 0.4) is 0 Å². The summed E-state index contributed by atoms with van der Waals surface area (Å²) in [6.45, 7) is 0.328. The third-order valence-corrected chi connectivity index (χ3v) is 7.52. The Morgan fingerprint density at radius 2 is 1.85 bits per heavy atom. The molecule has 0 radical (unpaired) electrons. The van der Waals surface area contributed by atoms with E-state index in [2.05, 4.69) is 31.7 Å². The molecule has 10 heteroatoms. The number of nitrogens with zero attached hydrogens (tertiary/aromatic N) is 6. The number of aromatic nitrogens is 4. The average molecular weight is 533 g/mol. The largest absolute Gasteiger partial charge is 0.465 e. The van der Waals surface area contributed by atoms with E-state index in [0.717, 1.165) is 36.8 Å². The highest BCUT2D eigenvalue weighted by atomic mass is 16.4. The van der Waals surface area contributed by atoms with Gasteiger partial charge in [-0.1, -0.05) is 42.5 Å². The van der Waals surface area contributed by atoms with Gasteiger partial charge in [-0.2, -0.15) is 5.26 Å². The fraction of sp³-hybridized carbons (Fsp3) is 0.267. The number of hydrogen-bond acceptors (Lipinski definition) is 8. The van der Waals surface area contributed by atoms with E-state index in [1.165, 1.54) is 0 Å². The van der Waals surface area contributed by atoms with Gasteiger partial charge < -0.3 is 15.7 Å². The standard InChI is InChI=1S/C30H28N8O2/c31-17-24-28(35-23-9-4-8-22(16-23)27-32-14-5-15-33-27)37-25(18-34-24)36-26(21-10-11-21)30(12-13-30)38(29(39)40)19-20-6-2-1-3-7-20/h1-9,14-16,18,21,26H,10-13,19H2,(H,39,40)(H2,35,36,37). The minimum atomic E-state index is -0.927. The summed E-state index contributed by atoms with van der Waals surface area (Å²) in [5.41, 5.74) is 2.13. The number of anilines is 3. The Labute approximate surface area is 231 Å². The molecule has 10 nitrogen and oxygen atoms in total. The van der Waals surface area contributed by atoms with Crippen LogP contribution in [0.15, 0.2) is 79.3 Å². The van der Waals surface area contributed by atoms with Gasteiger partial charge in [0, 0.05) is 30.2 Å². The van der Waals surface area contributed by atoms with Crippen molar-refractivity contribution in [2.45, 2.75) is 43.8 Å². The summed E-state index contributed by atoms with van der Waals surface area (Å²) in [4.78, 5) is 31.7. The quantitative estimate of drug-likeness (QED) is 0.243. The third-order valence-electron chi connectivity index (χ3n) is 7.52. The normalized spacial score (nSPS) is 15.9. The molecule has 2 aromatic carbocycles. The lowest BCUT2D eigenvalue weighted by Crippen LogP contribution is -2.52. The zero-order chi connectivity index (χ0) is 27.5. The van der Waals surface area contributed by atoms with Gasteiger partial charge >= 0.3 is 6.09 Å². The number of hydrogen-bond donors (Lipinski definition) is 3. The zero-order valence-electron chi connectivity index (χ0n) is 21.7. The Balaban J connectivity index is 1.26. The second kappa shape index (κ2) is 10.6. The molecule has 1 atom stereocenters. The van der Waals surface area contributed by atoms with Crippen LogP contribution in [-0.4, -0.2) is 47.6 Å². The fourth-order valence-electron chi connectivity index (χ4n) is 5.29. The summed E-state index contributed by atoms with van der Waals surface area (Å²) in [6, 6.07) is 21.0. The Kier molecular flexibility index (Phi) is 6.70. The monoisotopic (exact) mass is 532 g/mol. The minimum absolute atomic E-state index is 0.110. The molecule has 2 aromatic heterocycles. The highest BCUT2D eigenvalue weighted by molar-refractivity contribution is 5.69. The minimum Gasteiger partial charge on any atom is -0.465 e. The molecule has 0 spiro atoms. The molecule has 2 heterocycles. The smallest absolute Gasteiger partial charge is 0.408 e. The molecule has 2 saturated carbocycles. The Hall–Kier alpha value is -5.04. The summed E-state index contributed by atoms with van der Waals surface area (Å²) in [5, 5.41) is 26.7. The number of amides is 1. The van der Waals surface area contributed by atoms with Crippen LogP contribution in [0.2, 0.25) is 0 Å². The number of rotatable bonds is 10. The molecule has 2 fully saturated rings. The lowest BCUT2D eigenvalue weighted by molar-refractivity contribution is 0.102. The molecular weight excluding hydrogens is 504 g/mol. The van der Waals surface area contributed by atoms with Crippen LogP contribution in [0.1, 0.15) is 36.9 Å². The first-order valence-corrected chi connectivity index (χ1v) is 13.3. The van der Waals surface area contributed by atoms with Crippen LogP contribution in [-0.2, 0) is 6.54 Å². The SMILES string of the molecule is N#Cc1ncc(NC(C2CC2)C2(N(Cc3ccccc3)C(=O)O)CC2)nc1Nc1cccc(-c2ncccn2)c1. The number of nitriles is 1. The first-order chi connectivity index (χ1) is 19.6. The third kappa shape index (κ3) is 5.27. The maximum atomic E-state index is 12.5. The van der Waals surface area contributed by atoms with E-state index in [4.69, 9.17) is 4.98 Å². The second-order valence-electron chi connectivity index (χ2n) is 10.3. The lowest BCUT2D eigenvalue weighted by Gasteiger charge is -2.37. The molecule has 6 rings (SSSR count). The van der Waals surface area contributed by atoms with Crippen molar-refractivity contribution in [1.29, 1.82) is 5.26 Å². The molecule has 3 N–H and O–H groups in total. The van der Waals surface area contributed by atoms with Crippen LogP contribution in [0, 0.1) is 17.2 Å². The van der Waals surface area contributed by atoms with Crippen molar-refractivity contribution in [2.75, 3.05) is 10.6 Å². The van der Waals surface area contributed by atoms with Crippen molar-refractivity contribution in [3.63, 3.8) is 0 Å². The number of nitrogens with one attached hydrogen (secondary N) is 2. The van der Waals surface area contributed by atoms with Crippen LogP contribution in [0.25, 0.3) is 11.4 Å². The van der Waals surface area contributed by atoms with Crippen molar-refractivity contribution in [1.82, 2.24) is 24.8 Å². The van der Waals surface area contributed by atoms with Gasteiger partial charge in [0.15, 0.2) is 17.3 Å². The lowest BCUT2D eigenvalue weighted by atomic mass is 9.98. The van der Waals surface area contributed by atoms with Gasteiger partial charge in [-0.25, -0.2) is 24.7 Å². The Morgan fingerprint density at radius 3 is 2.52 bits per heavy atom. The highest BCUT2D eigenvalue weighted by Gasteiger charge is 2.59. The average Bonchev–Trinajstić information content (AvgIpc) is 3.92. The van der Waals surface area contributed by atoms with Gasteiger partial charge in [0.05, 0.1) is 17.8 Å². The highest BCUT2D eigenvalue weighted by Crippen LogP contribution is 2.53. The van der Waals surface area contributed by atoms with Gasteiger partial charge in [-0.15, -0.1) is 0 Å². The van der Waals surface area contributed by atoms with Gasteiger partial charge in [0.25, 0.3) is 0 Å². The summed E-state index contributed by atoms with van der Waals surface area (Å²) in [6.07, 6.45) is 7.61. The molecule has 2 aliphatic carbocycles. The van der Waals surface area contributed by atoms with Crippen LogP contribution in [0.5, 0.6) is 0 Å². The molecule has 0 saturated heterocycles. The molecule has 40 heavy (non-hydrogen) atoms. The van der Waals surface area contributed by atoms with E-state index >= 15 is 0 Å². The molecule has 4 aromatic rings. The van der Waals surface area contributed by atoms with E-state index < -0.39 is 11.6 Å². The number of benzene rings is 2. The predicted octanol–water partition coefficient (Wildman–Crippen LogP) is 5.45. The van der Waals surface area contributed by atoms with E-state index in [1.807, 2.05) is 54.6 Å². The van der Waals surface area contributed by atoms with Crippen molar-refractivity contribution in [3.8, 4) is 17.5 Å². The molecule has 200 valence electrons. The second-order valence-corrected chi connectivity index (χ2v) is 10.3. The van der Waals surface area contributed by atoms with E-state index in [-0.39, 0.29) is 11.7 Å². The fourth-order valence-corrected chi connectivity index (χ4v) is 5.29. The van der Waals surface area contributed by atoms with Gasteiger partial charge in [0.1, 0.15) is 11.9 Å². The number of carbonyl (C=O) groups is 1. The molecule has 2 aliphatic rings. The topological polar surface area (TPSA) is 140 Å². The molecule has 1 amide bonds. The van der Waals surface area contributed by atoms with E-state index in [0.29, 0.717) is 35.6 Å². The first-order valence-electron chi connectivity index (χ1n) is 13.3. The summed E-state index contributed by atoms with van der Waals surface area (Å²) in [7, 11) is 0. The van der Waals surface area contributed by atoms with Crippen molar-refractivity contribution >= 4 is 23.4 Å². The van der Waals surface area contributed by atoms with Gasteiger partial charge in [-0.3, -0.25) is 4.90 Å². The molecule has 1 unspecified atom stereocenters. The summed E-state index contributed by atoms with van der Waals surface area (Å²) < 4.78 is 0. The Bertz CT molecular complexity index is 1550. The van der Waals surface area contributed by atoms with Gasteiger partial charge in [-0.05, 0) is 55.4 Å². The van der Waals surface area contributed by atoms with Crippen molar-refractivity contribution in [2.24, 2.45) is 5.92 Å². The Morgan fingerprint density at radius 1 is 1.07 bits per heavy atom. The number of carboxylic acid groups (broad SMARTS) is 1. The van der Waals surface area contributed by atoms with Crippen molar-refractivity contribution < 1.29 is 9.90 Å². The molecule has 0 aliphatic heterocycles. The van der Waals surface area contributed by atoms with E-state index in [1.54, 1.807) is 29.6 Å². The summed E-state index contributed by atoms with van der Waals surface area (Å²) >= 11 is 0. The van der Waals surface area contributed by atoms with Crippen LogP contribution >= 0.6 is 0 Å².